The van der Waals surface area contributed by atoms with Gasteiger partial charge in [0.2, 0.25) is 5.91 Å². The molecule has 19 heavy (non-hydrogen) atoms. The second-order valence-electron chi connectivity index (χ2n) is 5.01. The molecule has 0 radical (unpaired) electrons. The summed E-state index contributed by atoms with van der Waals surface area (Å²) in [6.07, 6.45) is 1.55. The molecule has 1 saturated heterocycles. The van der Waals surface area contributed by atoms with Crippen LogP contribution in [0.2, 0.25) is 0 Å². The highest BCUT2D eigenvalue weighted by atomic mass is 32.1. The van der Waals surface area contributed by atoms with Crippen molar-refractivity contribution in [1.29, 1.82) is 0 Å². The van der Waals surface area contributed by atoms with Gasteiger partial charge in [0.05, 0.1) is 0 Å². The van der Waals surface area contributed by atoms with E-state index < -0.39 is 0 Å². The van der Waals surface area contributed by atoms with Crippen LogP contribution in [-0.2, 0) is 4.79 Å². The van der Waals surface area contributed by atoms with E-state index in [-0.39, 0.29) is 24.2 Å². The van der Waals surface area contributed by atoms with Gasteiger partial charge in [-0.1, -0.05) is 0 Å². The fourth-order valence-corrected chi connectivity index (χ4v) is 3.29. The highest BCUT2D eigenvalue weighted by Crippen LogP contribution is 2.22. The molecule has 1 aromatic rings. The number of thiophene rings is 1. The van der Waals surface area contributed by atoms with Gasteiger partial charge in [-0.3, -0.25) is 9.59 Å². The first-order valence-corrected chi connectivity index (χ1v) is 7.48. The van der Waals surface area contributed by atoms with Crippen molar-refractivity contribution >= 4 is 23.0 Å². The van der Waals surface area contributed by atoms with Gasteiger partial charge in [-0.25, -0.2) is 0 Å². The number of amides is 1. The van der Waals surface area contributed by atoms with Crippen molar-refractivity contribution in [3.05, 3.63) is 21.4 Å². The van der Waals surface area contributed by atoms with Crippen LogP contribution >= 0.6 is 11.3 Å². The molecule has 0 bridgehead atoms. The summed E-state index contributed by atoms with van der Waals surface area (Å²) in [7, 11) is 0. The van der Waals surface area contributed by atoms with Crippen molar-refractivity contribution in [3.63, 3.8) is 0 Å². The fourth-order valence-electron chi connectivity index (χ4n) is 2.35. The third kappa shape index (κ3) is 3.88. The molecule has 2 N–H and O–H groups in total. The number of carbonyl (C=O) groups excluding carboxylic acids is 2. The van der Waals surface area contributed by atoms with E-state index in [0.29, 0.717) is 6.42 Å². The number of nitrogens with one attached hydrogen (secondary N) is 2. The third-order valence-corrected chi connectivity index (χ3v) is 4.31. The summed E-state index contributed by atoms with van der Waals surface area (Å²) < 4.78 is 0. The quantitative estimate of drug-likeness (QED) is 0.809. The number of hydrogen-bond donors (Lipinski definition) is 2. The highest BCUT2D eigenvalue weighted by molar-refractivity contribution is 7.12. The van der Waals surface area contributed by atoms with Crippen molar-refractivity contribution in [1.82, 2.24) is 10.6 Å². The topological polar surface area (TPSA) is 58.2 Å². The van der Waals surface area contributed by atoms with Crippen molar-refractivity contribution in [2.75, 3.05) is 13.1 Å². The number of rotatable bonds is 5. The molecule has 1 aliphatic rings. The largest absolute Gasteiger partial charge is 0.352 e. The minimum absolute atomic E-state index is 0.0216. The Labute approximate surface area is 117 Å². The maximum atomic E-state index is 12.0. The first-order valence-electron chi connectivity index (χ1n) is 6.66. The van der Waals surface area contributed by atoms with Crippen LogP contribution in [0.15, 0.2) is 6.07 Å². The van der Waals surface area contributed by atoms with Gasteiger partial charge in [-0.05, 0) is 32.9 Å². The zero-order chi connectivity index (χ0) is 13.8. The lowest BCUT2D eigenvalue weighted by Gasteiger charge is -2.10. The van der Waals surface area contributed by atoms with Gasteiger partial charge in [-0.15, -0.1) is 11.3 Å². The molecule has 0 aromatic carbocycles. The van der Waals surface area contributed by atoms with Crippen molar-refractivity contribution in [2.24, 2.45) is 0 Å². The summed E-state index contributed by atoms with van der Waals surface area (Å²) in [6.45, 7) is 5.74. The van der Waals surface area contributed by atoms with Gasteiger partial charge in [0, 0.05) is 40.7 Å². The molecular formula is C14H20N2O2S. The maximum absolute atomic E-state index is 12.0. The molecule has 1 amide bonds. The van der Waals surface area contributed by atoms with E-state index >= 15 is 0 Å². The molecule has 1 fully saturated rings. The predicted molar refractivity (Wildman–Crippen MR) is 76.8 cm³/mol. The predicted octanol–water partition coefficient (Wildman–Crippen LogP) is 1.81. The van der Waals surface area contributed by atoms with Crippen LogP contribution in [0.4, 0.5) is 0 Å². The Kier molecular flexibility index (Phi) is 4.71. The Morgan fingerprint density at radius 3 is 2.79 bits per heavy atom. The molecule has 0 spiro atoms. The normalized spacial score (nSPS) is 18.5. The van der Waals surface area contributed by atoms with E-state index in [4.69, 9.17) is 0 Å². The number of ketones is 1. The first-order chi connectivity index (χ1) is 9.06. The Bertz CT molecular complexity index is 476. The number of Topliss-reactive ketones (excluding diaryl/α,β-unsaturated/α-hetero) is 1. The Morgan fingerprint density at radius 2 is 2.21 bits per heavy atom. The van der Waals surface area contributed by atoms with Crippen LogP contribution in [0.5, 0.6) is 0 Å². The van der Waals surface area contributed by atoms with Gasteiger partial charge >= 0.3 is 0 Å². The van der Waals surface area contributed by atoms with Crippen LogP contribution in [0.1, 0.15) is 39.4 Å². The Balaban J connectivity index is 1.79. The van der Waals surface area contributed by atoms with Gasteiger partial charge in [0.1, 0.15) is 0 Å². The second kappa shape index (κ2) is 6.30. The lowest BCUT2D eigenvalue weighted by Crippen LogP contribution is -2.36. The second-order valence-corrected chi connectivity index (χ2v) is 6.47. The van der Waals surface area contributed by atoms with Gasteiger partial charge in [-0.2, -0.15) is 0 Å². The average Bonchev–Trinajstić information content (AvgIpc) is 2.96. The van der Waals surface area contributed by atoms with E-state index in [1.807, 2.05) is 19.9 Å². The Hall–Kier alpha value is -1.20. The number of hydrogen-bond acceptors (Lipinski definition) is 4. The van der Waals surface area contributed by atoms with E-state index in [1.54, 1.807) is 11.3 Å². The van der Waals surface area contributed by atoms with Crippen LogP contribution in [-0.4, -0.2) is 30.8 Å². The summed E-state index contributed by atoms with van der Waals surface area (Å²) in [6, 6.07) is 2.15. The van der Waals surface area contributed by atoms with Crippen LogP contribution in [0, 0.1) is 13.8 Å². The van der Waals surface area contributed by atoms with E-state index in [2.05, 4.69) is 10.6 Å². The molecule has 1 unspecified atom stereocenters. The SMILES string of the molecule is Cc1cc(C(=O)CCC(=O)NC2CCNC2)c(C)s1. The molecule has 4 nitrogen and oxygen atoms in total. The summed E-state index contributed by atoms with van der Waals surface area (Å²) in [5.74, 6) is 0.0493. The molecule has 2 rings (SSSR count). The molecule has 1 atom stereocenters. The van der Waals surface area contributed by atoms with Crippen molar-refractivity contribution < 1.29 is 9.59 Å². The molecular weight excluding hydrogens is 260 g/mol. The van der Waals surface area contributed by atoms with Crippen LogP contribution < -0.4 is 10.6 Å². The lowest BCUT2D eigenvalue weighted by molar-refractivity contribution is -0.121. The van der Waals surface area contributed by atoms with E-state index in [1.165, 1.54) is 0 Å². The number of aryl methyl sites for hydroxylation is 2. The fraction of sp³-hybridized carbons (Fsp3) is 0.571. The van der Waals surface area contributed by atoms with Crippen LogP contribution in [0.25, 0.3) is 0 Å². The van der Waals surface area contributed by atoms with Crippen molar-refractivity contribution in [2.45, 2.75) is 39.2 Å². The minimum Gasteiger partial charge on any atom is -0.352 e. The summed E-state index contributed by atoms with van der Waals surface area (Å²) >= 11 is 1.63. The Morgan fingerprint density at radius 1 is 1.42 bits per heavy atom. The summed E-state index contributed by atoms with van der Waals surface area (Å²) in [5.41, 5.74) is 0.776. The van der Waals surface area contributed by atoms with Gasteiger partial charge in [0.15, 0.2) is 5.78 Å². The molecule has 5 heteroatoms. The summed E-state index contributed by atoms with van der Waals surface area (Å²) in [5, 5.41) is 6.15. The van der Waals surface area contributed by atoms with Gasteiger partial charge < -0.3 is 10.6 Å². The zero-order valence-electron chi connectivity index (χ0n) is 11.4. The standard InChI is InChI=1S/C14H20N2O2S/c1-9-7-12(10(2)19-9)13(17)3-4-14(18)16-11-5-6-15-8-11/h7,11,15H,3-6,8H2,1-2H3,(H,16,18). The van der Waals surface area contributed by atoms with Crippen LogP contribution in [0.3, 0.4) is 0 Å². The molecule has 1 aromatic heterocycles. The minimum atomic E-state index is -0.0216. The molecule has 0 aliphatic carbocycles. The molecule has 104 valence electrons. The van der Waals surface area contributed by atoms with E-state index in [9.17, 15) is 9.59 Å². The maximum Gasteiger partial charge on any atom is 0.220 e. The number of carbonyl (C=O) groups is 2. The van der Waals surface area contributed by atoms with E-state index in [0.717, 1.165) is 34.8 Å². The highest BCUT2D eigenvalue weighted by Gasteiger charge is 2.18. The molecule has 0 saturated carbocycles. The first kappa shape index (κ1) is 14.2. The average molecular weight is 280 g/mol. The third-order valence-electron chi connectivity index (χ3n) is 3.35. The molecule has 1 aliphatic heterocycles. The lowest BCUT2D eigenvalue weighted by atomic mass is 10.1. The van der Waals surface area contributed by atoms with Crippen molar-refractivity contribution in [3.8, 4) is 0 Å². The molecule has 2 heterocycles. The summed E-state index contributed by atoms with van der Waals surface area (Å²) in [4.78, 5) is 26.0. The smallest absolute Gasteiger partial charge is 0.220 e. The van der Waals surface area contributed by atoms with Gasteiger partial charge in [0.25, 0.3) is 0 Å². The monoisotopic (exact) mass is 280 g/mol. The zero-order valence-corrected chi connectivity index (χ0v) is 12.2.